The molecule has 0 aromatic carbocycles. The molecule has 4 atom stereocenters. The summed E-state index contributed by atoms with van der Waals surface area (Å²) in [7, 11) is 0. The minimum absolute atomic E-state index is 0.182. The Kier molecular flexibility index (Phi) is 3.16. The summed E-state index contributed by atoms with van der Waals surface area (Å²) in [6.07, 6.45) is 0.398. The van der Waals surface area contributed by atoms with Crippen molar-refractivity contribution in [1.29, 1.82) is 5.26 Å². The first-order valence-electron chi connectivity index (χ1n) is 5.75. The van der Waals surface area contributed by atoms with E-state index in [1.165, 1.54) is 11.8 Å². The largest absolute Gasteiger partial charge is 0.393 e. The van der Waals surface area contributed by atoms with Crippen LogP contribution in [0.25, 0.3) is 0 Å². The highest BCUT2D eigenvalue weighted by Gasteiger charge is 2.46. The standard InChI is InChI=1S/C12H17FN2S/c1-6(2)8-3-7(13)4-10-11(8)9(5-14)12(15)16-10/h6-8,10-11H,3-4,15H2,1-2H3. The first kappa shape index (κ1) is 11.8. The lowest BCUT2D eigenvalue weighted by Gasteiger charge is -2.37. The summed E-state index contributed by atoms with van der Waals surface area (Å²) in [4.78, 5) is 0. The quantitative estimate of drug-likeness (QED) is 0.766. The van der Waals surface area contributed by atoms with Crippen LogP contribution in [0, 0.1) is 29.1 Å². The number of alkyl halides is 1. The predicted molar refractivity (Wildman–Crippen MR) is 64.2 cm³/mol. The van der Waals surface area contributed by atoms with Gasteiger partial charge in [-0.1, -0.05) is 13.8 Å². The summed E-state index contributed by atoms with van der Waals surface area (Å²) < 4.78 is 13.6. The number of thioether (sulfide) groups is 1. The molecule has 2 nitrogen and oxygen atoms in total. The summed E-state index contributed by atoms with van der Waals surface area (Å²) in [5, 5.41) is 9.95. The molecule has 16 heavy (non-hydrogen) atoms. The summed E-state index contributed by atoms with van der Waals surface area (Å²) in [6, 6.07) is 2.22. The number of nitriles is 1. The molecule has 0 aromatic heterocycles. The predicted octanol–water partition coefficient (Wildman–Crippen LogP) is 2.82. The molecule has 4 unspecified atom stereocenters. The number of nitrogens with two attached hydrogens (primary N) is 1. The van der Waals surface area contributed by atoms with Crippen LogP contribution in [0.2, 0.25) is 0 Å². The Morgan fingerprint density at radius 2 is 2.19 bits per heavy atom. The normalized spacial score (nSPS) is 38.7. The van der Waals surface area contributed by atoms with Crippen LogP contribution in [-0.2, 0) is 0 Å². The van der Waals surface area contributed by atoms with Gasteiger partial charge in [-0.15, -0.1) is 11.8 Å². The minimum Gasteiger partial charge on any atom is -0.393 e. The Bertz CT molecular complexity index is 359. The maximum Gasteiger partial charge on any atom is 0.102 e. The second-order valence-corrected chi connectivity index (χ2v) is 6.33. The number of fused-ring (bicyclic) bond motifs is 1. The van der Waals surface area contributed by atoms with Gasteiger partial charge < -0.3 is 5.73 Å². The molecule has 2 aliphatic rings. The first-order valence-corrected chi connectivity index (χ1v) is 6.63. The minimum atomic E-state index is -0.730. The molecule has 1 heterocycles. The van der Waals surface area contributed by atoms with E-state index in [0.29, 0.717) is 29.4 Å². The van der Waals surface area contributed by atoms with E-state index in [9.17, 15) is 4.39 Å². The number of hydrogen-bond acceptors (Lipinski definition) is 3. The number of rotatable bonds is 1. The van der Waals surface area contributed by atoms with Gasteiger partial charge in [-0.05, 0) is 24.7 Å². The zero-order valence-electron chi connectivity index (χ0n) is 9.61. The van der Waals surface area contributed by atoms with Gasteiger partial charge in [0.2, 0.25) is 0 Å². The number of halogens is 1. The SMILES string of the molecule is CC(C)C1CC(F)CC2SC(N)=C(C#N)C21. The van der Waals surface area contributed by atoms with Crippen LogP contribution in [0.5, 0.6) is 0 Å². The average molecular weight is 240 g/mol. The van der Waals surface area contributed by atoms with Gasteiger partial charge in [-0.3, -0.25) is 0 Å². The van der Waals surface area contributed by atoms with Gasteiger partial charge in [0, 0.05) is 11.2 Å². The van der Waals surface area contributed by atoms with Crippen LogP contribution < -0.4 is 5.73 Å². The molecule has 1 aliphatic heterocycles. The maximum atomic E-state index is 13.6. The molecule has 88 valence electrons. The molecule has 1 fully saturated rings. The maximum absolute atomic E-state index is 13.6. The number of allylic oxidation sites excluding steroid dienone is 1. The smallest absolute Gasteiger partial charge is 0.102 e. The summed E-state index contributed by atoms with van der Waals surface area (Å²) in [6.45, 7) is 4.21. The molecule has 0 spiro atoms. The summed E-state index contributed by atoms with van der Waals surface area (Å²) in [5.41, 5.74) is 6.56. The van der Waals surface area contributed by atoms with E-state index in [2.05, 4.69) is 19.9 Å². The van der Waals surface area contributed by atoms with Crippen LogP contribution >= 0.6 is 11.8 Å². The highest BCUT2D eigenvalue weighted by atomic mass is 32.2. The number of hydrogen-bond donors (Lipinski definition) is 1. The molecule has 0 amide bonds. The lowest BCUT2D eigenvalue weighted by molar-refractivity contribution is 0.135. The van der Waals surface area contributed by atoms with Gasteiger partial charge >= 0.3 is 0 Å². The second kappa shape index (κ2) is 4.29. The van der Waals surface area contributed by atoms with E-state index < -0.39 is 6.17 Å². The van der Waals surface area contributed by atoms with E-state index in [-0.39, 0.29) is 17.1 Å². The lowest BCUT2D eigenvalue weighted by Crippen LogP contribution is -2.36. The van der Waals surface area contributed by atoms with E-state index in [0.717, 1.165) is 0 Å². The van der Waals surface area contributed by atoms with Crippen LogP contribution in [-0.4, -0.2) is 11.4 Å². The Morgan fingerprint density at radius 3 is 2.75 bits per heavy atom. The van der Waals surface area contributed by atoms with Crippen molar-refractivity contribution in [2.24, 2.45) is 23.5 Å². The molecule has 1 aliphatic carbocycles. The molecule has 0 bridgehead atoms. The summed E-state index contributed by atoms with van der Waals surface area (Å²) in [5.74, 6) is 0.847. The Balaban J connectivity index is 2.30. The molecular formula is C12H17FN2S. The van der Waals surface area contributed by atoms with E-state index in [1.54, 1.807) is 0 Å². The third kappa shape index (κ3) is 1.82. The molecule has 2 N–H and O–H groups in total. The van der Waals surface area contributed by atoms with Crippen molar-refractivity contribution in [2.75, 3.05) is 0 Å². The van der Waals surface area contributed by atoms with E-state index in [1.807, 2.05) is 0 Å². The van der Waals surface area contributed by atoms with Gasteiger partial charge in [0.15, 0.2) is 0 Å². The first-order chi connectivity index (χ1) is 7.54. The van der Waals surface area contributed by atoms with Crippen molar-refractivity contribution in [3.8, 4) is 6.07 Å². The van der Waals surface area contributed by atoms with Crippen molar-refractivity contribution >= 4 is 11.8 Å². The fraction of sp³-hybridized carbons (Fsp3) is 0.750. The van der Waals surface area contributed by atoms with Crippen LogP contribution in [0.1, 0.15) is 26.7 Å². The average Bonchev–Trinajstić information content (AvgIpc) is 2.51. The topological polar surface area (TPSA) is 49.8 Å². The van der Waals surface area contributed by atoms with Crippen LogP contribution in [0.15, 0.2) is 10.6 Å². The summed E-state index contributed by atoms with van der Waals surface area (Å²) >= 11 is 1.50. The van der Waals surface area contributed by atoms with Gasteiger partial charge in [0.1, 0.15) is 6.17 Å². The number of nitrogens with zero attached hydrogens (tertiary/aromatic N) is 1. The van der Waals surface area contributed by atoms with Gasteiger partial charge in [-0.25, -0.2) is 4.39 Å². The van der Waals surface area contributed by atoms with Crippen molar-refractivity contribution < 1.29 is 4.39 Å². The zero-order valence-corrected chi connectivity index (χ0v) is 10.4. The zero-order chi connectivity index (χ0) is 11.9. The van der Waals surface area contributed by atoms with Gasteiger partial charge in [0.25, 0.3) is 0 Å². The van der Waals surface area contributed by atoms with Crippen molar-refractivity contribution in [2.45, 2.75) is 38.1 Å². The highest BCUT2D eigenvalue weighted by molar-refractivity contribution is 8.03. The second-order valence-electron chi connectivity index (χ2n) is 5.05. The van der Waals surface area contributed by atoms with Crippen LogP contribution in [0.4, 0.5) is 4.39 Å². The van der Waals surface area contributed by atoms with Crippen molar-refractivity contribution in [3.05, 3.63) is 10.6 Å². The lowest BCUT2D eigenvalue weighted by atomic mass is 9.70. The molecule has 0 saturated heterocycles. The van der Waals surface area contributed by atoms with E-state index in [4.69, 9.17) is 11.0 Å². The Labute approximate surface area is 100 Å². The molecular weight excluding hydrogens is 223 g/mol. The van der Waals surface area contributed by atoms with Crippen molar-refractivity contribution in [1.82, 2.24) is 0 Å². The van der Waals surface area contributed by atoms with Gasteiger partial charge in [0.05, 0.1) is 16.7 Å². The molecule has 0 radical (unpaired) electrons. The van der Waals surface area contributed by atoms with Crippen LogP contribution in [0.3, 0.4) is 0 Å². The monoisotopic (exact) mass is 240 g/mol. The highest BCUT2D eigenvalue weighted by Crippen LogP contribution is 2.51. The fourth-order valence-electron chi connectivity index (χ4n) is 2.94. The molecule has 2 rings (SSSR count). The fourth-order valence-corrected chi connectivity index (χ4v) is 4.37. The third-order valence-corrected chi connectivity index (χ3v) is 4.99. The van der Waals surface area contributed by atoms with E-state index >= 15 is 0 Å². The van der Waals surface area contributed by atoms with Gasteiger partial charge in [-0.2, -0.15) is 5.26 Å². The Morgan fingerprint density at radius 1 is 1.50 bits per heavy atom. The molecule has 0 aromatic rings. The molecule has 4 heteroatoms. The molecule has 1 saturated carbocycles. The Hall–Kier alpha value is -0.690. The van der Waals surface area contributed by atoms with Crippen molar-refractivity contribution in [3.63, 3.8) is 0 Å². The third-order valence-electron chi connectivity index (χ3n) is 3.73.